The van der Waals surface area contributed by atoms with Gasteiger partial charge in [-0.25, -0.2) is 0 Å². The Morgan fingerprint density at radius 2 is 2.32 bits per heavy atom. The Bertz CT molecular complexity index is 553. The van der Waals surface area contributed by atoms with Crippen LogP contribution in [-0.2, 0) is 18.3 Å². The predicted molar refractivity (Wildman–Crippen MR) is 70.6 cm³/mol. The van der Waals surface area contributed by atoms with E-state index in [4.69, 9.17) is 4.74 Å². The Kier molecular flexibility index (Phi) is 3.33. The maximum atomic E-state index is 5.61. The molecule has 0 saturated carbocycles. The van der Waals surface area contributed by atoms with Gasteiger partial charge in [-0.15, -0.1) is 5.10 Å². The van der Waals surface area contributed by atoms with Gasteiger partial charge >= 0.3 is 0 Å². The molecule has 0 bridgehead atoms. The van der Waals surface area contributed by atoms with Crippen molar-refractivity contribution in [2.75, 3.05) is 6.61 Å². The van der Waals surface area contributed by atoms with Gasteiger partial charge < -0.3 is 4.74 Å². The van der Waals surface area contributed by atoms with E-state index >= 15 is 0 Å². The lowest BCUT2D eigenvalue weighted by molar-refractivity contribution is 0.0993. The summed E-state index contributed by atoms with van der Waals surface area (Å²) in [5.74, 6) is 0. The third kappa shape index (κ3) is 2.68. The summed E-state index contributed by atoms with van der Waals surface area (Å²) in [6.07, 6.45) is 7.72. The van der Waals surface area contributed by atoms with E-state index in [0.29, 0.717) is 6.10 Å². The summed E-state index contributed by atoms with van der Waals surface area (Å²) >= 11 is 0. The van der Waals surface area contributed by atoms with Gasteiger partial charge in [0.1, 0.15) is 5.69 Å². The molecule has 0 aromatic carbocycles. The van der Waals surface area contributed by atoms with Crippen molar-refractivity contribution in [1.82, 2.24) is 24.8 Å². The van der Waals surface area contributed by atoms with Gasteiger partial charge in [0.2, 0.25) is 0 Å². The molecule has 19 heavy (non-hydrogen) atoms. The van der Waals surface area contributed by atoms with Crippen molar-refractivity contribution >= 4 is 0 Å². The van der Waals surface area contributed by atoms with Gasteiger partial charge in [0.05, 0.1) is 18.0 Å². The minimum atomic E-state index is 0.396. The van der Waals surface area contributed by atoms with Gasteiger partial charge in [0, 0.05) is 32.0 Å². The molecular formula is C13H19N5O. The topological polar surface area (TPSA) is 57.8 Å². The molecule has 3 rings (SSSR count). The summed E-state index contributed by atoms with van der Waals surface area (Å²) in [6.45, 7) is 3.75. The fourth-order valence-corrected chi connectivity index (χ4v) is 2.53. The van der Waals surface area contributed by atoms with Crippen LogP contribution in [0.5, 0.6) is 0 Å². The fourth-order valence-electron chi connectivity index (χ4n) is 2.53. The number of aromatic nitrogens is 5. The predicted octanol–water partition coefficient (Wildman–Crippen LogP) is 1.56. The highest BCUT2D eigenvalue weighted by Gasteiger charge is 2.16. The quantitative estimate of drug-likeness (QED) is 0.838. The fraction of sp³-hybridized carbons (Fsp3) is 0.615. The van der Waals surface area contributed by atoms with Crippen molar-refractivity contribution in [2.24, 2.45) is 7.05 Å². The summed E-state index contributed by atoms with van der Waals surface area (Å²) in [5, 5.41) is 12.7. The SMILES string of the molecule is Cc1nn(C)cc1-c1cn(CCC2CCCO2)nn1. The van der Waals surface area contributed by atoms with Crippen LogP contribution in [0.1, 0.15) is 25.0 Å². The van der Waals surface area contributed by atoms with Crippen molar-refractivity contribution in [3.63, 3.8) is 0 Å². The van der Waals surface area contributed by atoms with Crippen LogP contribution in [0.2, 0.25) is 0 Å². The van der Waals surface area contributed by atoms with Gasteiger partial charge in [0.15, 0.2) is 0 Å². The first-order chi connectivity index (χ1) is 9.22. The molecule has 2 aromatic rings. The van der Waals surface area contributed by atoms with Gasteiger partial charge in [-0.1, -0.05) is 5.21 Å². The average molecular weight is 261 g/mol. The molecule has 102 valence electrons. The van der Waals surface area contributed by atoms with Crippen molar-refractivity contribution in [3.8, 4) is 11.3 Å². The zero-order valence-electron chi connectivity index (χ0n) is 11.4. The van der Waals surface area contributed by atoms with Crippen LogP contribution in [0.15, 0.2) is 12.4 Å². The van der Waals surface area contributed by atoms with Gasteiger partial charge in [0.25, 0.3) is 0 Å². The highest BCUT2D eigenvalue weighted by Crippen LogP contribution is 2.20. The van der Waals surface area contributed by atoms with Crippen LogP contribution >= 0.6 is 0 Å². The van der Waals surface area contributed by atoms with Crippen molar-refractivity contribution in [3.05, 3.63) is 18.1 Å². The minimum Gasteiger partial charge on any atom is -0.378 e. The van der Waals surface area contributed by atoms with E-state index in [2.05, 4.69) is 15.4 Å². The van der Waals surface area contributed by atoms with Crippen LogP contribution in [0.4, 0.5) is 0 Å². The van der Waals surface area contributed by atoms with Crippen molar-refractivity contribution < 1.29 is 4.74 Å². The number of ether oxygens (including phenoxy) is 1. The van der Waals surface area contributed by atoms with E-state index < -0.39 is 0 Å². The lowest BCUT2D eigenvalue weighted by Crippen LogP contribution is -2.10. The first kappa shape index (κ1) is 12.3. The van der Waals surface area contributed by atoms with Crippen LogP contribution in [0, 0.1) is 6.92 Å². The zero-order valence-corrected chi connectivity index (χ0v) is 11.4. The first-order valence-electron chi connectivity index (χ1n) is 6.75. The Morgan fingerprint density at radius 1 is 1.42 bits per heavy atom. The number of hydrogen-bond donors (Lipinski definition) is 0. The van der Waals surface area contributed by atoms with E-state index in [1.165, 1.54) is 12.8 Å². The van der Waals surface area contributed by atoms with Gasteiger partial charge in [-0.05, 0) is 26.2 Å². The van der Waals surface area contributed by atoms with Gasteiger partial charge in [-0.3, -0.25) is 9.36 Å². The molecule has 1 unspecified atom stereocenters. The third-order valence-electron chi connectivity index (χ3n) is 3.53. The highest BCUT2D eigenvalue weighted by molar-refractivity contribution is 5.59. The monoisotopic (exact) mass is 261 g/mol. The lowest BCUT2D eigenvalue weighted by Gasteiger charge is -2.07. The molecule has 1 aliphatic rings. The van der Waals surface area contributed by atoms with E-state index in [9.17, 15) is 0 Å². The van der Waals surface area contributed by atoms with E-state index in [1.807, 2.05) is 31.0 Å². The summed E-state index contributed by atoms with van der Waals surface area (Å²) in [6, 6.07) is 0. The second kappa shape index (κ2) is 5.13. The molecule has 2 aromatic heterocycles. The maximum Gasteiger partial charge on any atom is 0.116 e. The Hall–Kier alpha value is -1.69. The van der Waals surface area contributed by atoms with Crippen LogP contribution in [-0.4, -0.2) is 37.5 Å². The summed E-state index contributed by atoms with van der Waals surface area (Å²) in [7, 11) is 1.92. The van der Waals surface area contributed by atoms with E-state index in [0.717, 1.165) is 36.5 Å². The summed E-state index contributed by atoms with van der Waals surface area (Å²) in [4.78, 5) is 0. The van der Waals surface area contributed by atoms with Crippen molar-refractivity contribution in [2.45, 2.75) is 38.8 Å². The van der Waals surface area contributed by atoms with Gasteiger partial charge in [-0.2, -0.15) is 5.10 Å². The molecular weight excluding hydrogens is 242 g/mol. The molecule has 1 saturated heterocycles. The smallest absolute Gasteiger partial charge is 0.116 e. The second-order valence-corrected chi connectivity index (χ2v) is 5.09. The lowest BCUT2D eigenvalue weighted by atomic mass is 10.2. The standard InChI is InChI=1S/C13H19N5O/c1-10-12(8-17(2)15-10)13-9-18(16-14-13)6-5-11-4-3-7-19-11/h8-9,11H,3-7H2,1-2H3. The maximum absolute atomic E-state index is 5.61. The molecule has 0 amide bonds. The molecule has 1 fully saturated rings. The molecule has 0 radical (unpaired) electrons. The normalized spacial score (nSPS) is 19.2. The zero-order chi connectivity index (χ0) is 13.2. The minimum absolute atomic E-state index is 0.396. The number of nitrogens with zero attached hydrogens (tertiary/aromatic N) is 5. The molecule has 3 heterocycles. The van der Waals surface area contributed by atoms with E-state index in [-0.39, 0.29) is 0 Å². The largest absolute Gasteiger partial charge is 0.378 e. The Morgan fingerprint density at radius 3 is 3.00 bits per heavy atom. The second-order valence-electron chi connectivity index (χ2n) is 5.09. The van der Waals surface area contributed by atoms with E-state index in [1.54, 1.807) is 4.68 Å². The Labute approximate surface area is 112 Å². The average Bonchev–Trinajstić information content (AvgIpc) is 3.08. The number of aryl methyl sites for hydroxylation is 3. The third-order valence-corrected chi connectivity index (χ3v) is 3.53. The van der Waals surface area contributed by atoms with Crippen LogP contribution in [0.3, 0.4) is 0 Å². The molecule has 0 spiro atoms. The summed E-state index contributed by atoms with van der Waals surface area (Å²) in [5.41, 5.74) is 2.91. The molecule has 0 N–H and O–H groups in total. The summed E-state index contributed by atoms with van der Waals surface area (Å²) < 4.78 is 9.31. The highest BCUT2D eigenvalue weighted by atomic mass is 16.5. The molecule has 1 aliphatic heterocycles. The number of hydrogen-bond acceptors (Lipinski definition) is 4. The molecule has 0 aliphatic carbocycles. The first-order valence-corrected chi connectivity index (χ1v) is 6.75. The van der Waals surface area contributed by atoms with Crippen LogP contribution < -0.4 is 0 Å². The number of rotatable bonds is 4. The molecule has 6 heteroatoms. The molecule has 1 atom stereocenters. The van der Waals surface area contributed by atoms with Crippen molar-refractivity contribution in [1.29, 1.82) is 0 Å². The molecule has 6 nitrogen and oxygen atoms in total. The van der Waals surface area contributed by atoms with Crippen LogP contribution in [0.25, 0.3) is 11.3 Å². The Balaban J connectivity index is 1.67.